The van der Waals surface area contributed by atoms with E-state index >= 15 is 0 Å². The van der Waals surface area contributed by atoms with Gasteiger partial charge in [-0.15, -0.1) is 0 Å². The van der Waals surface area contributed by atoms with Gasteiger partial charge in [-0.3, -0.25) is 19.7 Å². The third-order valence-electron chi connectivity index (χ3n) is 9.98. The van der Waals surface area contributed by atoms with Crippen LogP contribution in [-0.2, 0) is 20.9 Å². The van der Waals surface area contributed by atoms with E-state index in [1.807, 2.05) is 42.5 Å². The minimum absolute atomic E-state index is 0.0403. The molecule has 3 heterocycles. The highest BCUT2D eigenvalue weighted by molar-refractivity contribution is 6.05. The monoisotopic (exact) mass is 716 g/mol. The number of nitrogens with one attached hydrogen (secondary N) is 1. The zero-order chi connectivity index (χ0) is 37.9. The zero-order valence-corrected chi connectivity index (χ0v) is 30.9. The Balaban J connectivity index is 1.07. The maximum atomic E-state index is 13.1. The second-order valence-corrected chi connectivity index (χ2v) is 13.7. The fourth-order valence-electron chi connectivity index (χ4n) is 7.21. The zero-order valence-electron chi connectivity index (χ0n) is 30.9. The lowest BCUT2D eigenvalue weighted by Gasteiger charge is -2.29. The van der Waals surface area contributed by atoms with Crippen molar-refractivity contribution in [1.29, 1.82) is 0 Å². The molecule has 2 saturated heterocycles. The molecule has 1 atom stereocenters. The lowest BCUT2D eigenvalue weighted by atomic mass is 9.88. The molecule has 53 heavy (non-hydrogen) atoms. The molecule has 0 radical (unpaired) electrons. The molecule has 278 valence electrons. The molecule has 0 aromatic heterocycles. The molecule has 9 heteroatoms. The Morgan fingerprint density at radius 1 is 0.925 bits per heavy atom. The number of piperidine rings is 1. The van der Waals surface area contributed by atoms with Crippen LogP contribution in [0.25, 0.3) is 5.57 Å². The number of hydrogen-bond donors (Lipinski definition) is 2. The number of fused-ring (bicyclic) bond motifs is 1. The number of amides is 3. The van der Waals surface area contributed by atoms with Crippen LogP contribution in [0.5, 0.6) is 0 Å². The molecule has 5 rings (SSSR count). The molecule has 2 fully saturated rings. The highest BCUT2D eigenvalue weighted by Crippen LogP contribution is 2.33. The van der Waals surface area contributed by atoms with E-state index in [9.17, 15) is 19.5 Å². The molecule has 3 aliphatic heterocycles. The van der Waals surface area contributed by atoms with Crippen LogP contribution in [0.1, 0.15) is 66.9 Å². The van der Waals surface area contributed by atoms with Gasteiger partial charge in [0, 0.05) is 43.9 Å². The van der Waals surface area contributed by atoms with Crippen molar-refractivity contribution in [3.63, 3.8) is 0 Å². The van der Waals surface area contributed by atoms with Crippen LogP contribution in [0.3, 0.4) is 0 Å². The third kappa shape index (κ3) is 10.1. The summed E-state index contributed by atoms with van der Waals surface area (Å²) in [5.41, 5.74) is 7.25. The number of benzene rings is 2. The van der Waals surface area contributed by atoms with Crippen molar-refractivity contribution in [3.05, 3.63) is 144 Å². The molecule has 0 spiro atoms. The topological polar surface area (TPSA) is 102 Å². The number of anilines is 1. The highest BCUT2D eigenvalue weighted by atomic mass is 16.5. The van der Waals surface area contributed by atoms with Gasteiger partial charge in [0.05, 0.1) is 6.61 Å². The summed E-state index contributed by atoms with van der Waals surface area (Å²) in [7, 11) is 0. The lowest BCUT2D eigenvalue weighted by molar-refractivity contribution is -0.136. The van der Waals surface area contributed by atoms with E-state index < -0.39 is 6.04 Å². The minimum atomic E-state index is -0.605. The van der Waals surface area contributed by atoms with E-state index in [2.05, 4.69) is 66.6 Å². The third-order valence-corrected chi connectivity index (χ3v) is 9.98. The Labute approximate surface area is 314 Å². The molecule has 0 bridgehead atoms. The van der Waals surface area contributed by atoms with Gasteiger partial charge in [-0.25, -0.2) is 0 Å². The van der Waals surface area contributed by atoms with Crippen LogP contribution in [0.2, 0.25) is 0 Å². The molecule has 0 aliphatic carbocycles. The van der Waals surface area contributed by atoms with E-state index in [0.29, 0.717) is 30.9 Å². The van der Waals surface area contributed by atoms with Gasteiger partial charge in [-0.05, 0) is 109 Å². The SMILES string of the molecule is C=C(O)/C=C\C(=C)/C(C(=C)/C=C\C(=C)OCCCCN1CCCN(c2ccc3c(c2)CN(C2CCC(=O)NC2=O)C3=O)CC1)=C(\CC)c1ccccc1. The lowest BCUT2D eigenvalue weighted by Crippen LogP contribution is -2.52. The van der Waals surface area contributed by atoms with Crippen LogP contribution in [0.15, 0.2) is 127 Å². The van der Waals surface area contributed by atoms with E-state index in [1.165, 1.54) is 6.08 Å². The fourth-order valence-corrected chi connectivity index (χ4v) is 7.21. The van der Waals surface area contributed by atoms with Gasteiger partial charge in [0.2, 0.25) is 11.8 Å². The Bertz CT molecular complexity index is 1840. The standard InChI is InChI=1S/C44H52N4O5/c1-6-38(35-13-8-7-9-14-35)42(31(2)15-17-33(4)49)32(3)16-18-34(5)53-28-11-10-23-46-24-12-25-47(27-26-46)37-19-20-39-36(29-37)30-48(44(39)52)40-21-22-41(50)45-43(40)51/h7-9,13-20,29,40,49H,2-6,10-12,21-28,30H2,1H3,(H,45,50,51)/b17-15-,18-16-,42-38-. The predicted molar refractivity (Wildman–Crippen MR) is 212 cm³/mol. The van der Waals surface area contributed by atoms with Crippen LogP contribution in [0, 0.1) is 0 Å². The van der Waals surface area contributed by atoms with Crippen LogP contribution >= 0.6 is 0 Å². The Morgan fingerprint density at radius 2 is 1.68 bits per heavy atom. The highest BCUT2D eigenvalue weighted by Gasteiger charge is 2.39. The summed E-state index contributed by atoms with van der Waals surface area (Å²) in [5.74, 6) is -0.290. The number of allylic oxidation sites excluding steroid dienone is 8. The second kappa shape index (κ2) is 18.4. The quantitative estimate of drug-likeness (QED) is 0.0807. The Hall–Kier alpha value is -5.41. The summed E-state index contributed by atoms with van der Waals surface area (Å²) in [5, 5.41) is 12.0. The van der Waals surface area contributed by atoms with Crippen molar-refractivity contribution >= 4 is 29.0 Å². The molecule has 1 unspecified atom stereocenters. The van der Waals surface area contributed by atoms with Crippen molar-refractivity contribution in [2.75, 3.05) is 44.2 Å². The molecular weight excluding hydrogens is 665 g/mol. The molecule has 0 saturated carbocycles. The number of aliphatic hydroxyl groups is 1. The average molecular weight is 717 g/mol. The van der Waals surface area contributed by atoms with Crippen LogP contribution in [-0.4, -0.2) is 78.0 Å². The summed E-state index contributed by atoms with van der Waals surface area (Å²) < 4.78 is 5.96. The van der Waals surface area contributed by atoms with E-state index in [1.54, 1.807) is 11.0 Å². The van der Waals surface area contributed by atoms with Crippen molar-refractivity contribution < 1.29 is 24.2 Å². The number of hydrogen-bond acceptors (Lipinski definition) is 7. The average Bonchev–Trinajstić information content (AvgIpc) is 3.29. The maximum Gasteiger partial charge on any atom is 0.255 e. The van der Waals surface area contributed by atoms with Gasteiger partial charge in [0.25, 0.3) is 5.91 Å². The normalized spacial score (nSPS) is 18.5. The number of unbranched alkanes of at least 4 members (excludes halogenated alkanes) is 1. The number of aliphatic hydroxyl groups excluding tert-OH is 1. The largest absolute Gasteiger partial charge is 0.509 e. The summed E-state index contributed by atoms with van der Waals surface area (Å²) >= 11 is 0. The molecular formula is C44H52N4O5. The molecule has 9 nitrogen and oxygen atoms in total. The number of carbonyl (C=O) groups excluding carboxylic acids is 3. The Morgan fingerprint density at radius 3 is 2.40 bits per heavy atom. The van der Waals surface area contributed by atoms with E-state index in [-0.39, 0.29) is 29.9 Å². The smallest absolute Gasteiger partial charge is 0.255 e. The van der Waals surface area contributed by atoms with E-state index in [0.717, 1.165) is 97.5 Å². The van der Waals surface area contributed by atoms with Crippen molar-refractivity contribution in [2.45, 2.75) is 58.0 Å². The predicted octanol–water partition coefficient (Wildman–Crippen LogP) is 7.43. The second-order valence-electron chi connectivity index (χ2n) is 13.7. The number of imide groups is 1. The van der Waals surface area contributed by atoms with Crippen molar-refractivity contribution in [1.82, 2.24) is 15.1 Å². The number of carbonyl (C=O) groups is 3. The first-order chi connectivity index (χ1) is 25.5. The first-order valence-corrected chi connectivity index (χ1v) is 18.5. The van der Waals surface area contributed by atoms with Crippen LogP contribution < -0.4 is 10.2 Å². The van der Waals surface area contributed by atoms with Gasteiger partial charge in [-0.2, -0.15) is 0 Å². The summed E-state index contributed by atoms with van der Waals surface area (Å²) in [6.45, 7) is 24.1. The molecule has 2 aromatic rings. The number of rotatable bonds is 16. The first-order valence-electron chi connectivity index (χ1n) is 18.5. The number of ether oxygens (including phenoxy) is 1. The summed E-state index contributed by atoms with van der Waals surface area (Å²) in [6.07, 6.45) is 11.4. The maximum absolute atomic E-state index is 13.1. The summed E-state index contributed by atoms with van der Waals surface area (Å²) in [6, 6.07) is 15.5. The van der Waals surface area contributed by atoms with Crippen LogP contribution in [0.4, 0.5) is 5.69 Å². The molecule has 3 amide bonds. The molecule has 2 N–H and O–H groups in total. The number of nitrogens with zero attached hydrogens (tertiary/aromatic N) is 3. The van der Waals surface area contributed by atoms with Gasteiger partial charge in [-0.1, -0.05) is 75.7 Å². The van der Waals surface area contributed by atoms with Gasteiger partial charge in [0.1, 0.15) is 17.6 Å². The summed E-state index contributed by atoms with van der Waals surface area (Å²) in [4.78, 5) is 43.6. The van der Waals surface area contributed by atoms with E-state index in [4.69, 9.17) is 4.74 Å². The fraction of sp³-hybridized carbons (Fsp3) is 0.341. The minimum Gasteiger partial charge on any atom is -0.509 e. The molecule has 2 aromatic carbocycles. The van der Waals surface area contributed by atoms with Crippen molar-refractivity contribution in [3.8, 4) is 0 Å². The van der Waals surface area contributed by atoms with Crippen molar-refractivity contribution in [2.24, 2.45) is 0 Å². The molecule has 3 aliphatic rings. The van der Waals surface area contributed by atoms with Gasteiger partial charge >= 0.3 is 0 Å². The first kappa shape index (κ1) is 38.8. The Kier molecular flexibility index (Phi) is 13.5. The van der Waals surface area contributed by atoms with Gasteiger partial charge < -0.3 is 24.5 Å². The van der Waals surface area contributed by atoms with Gasteiger partial charge in [0.15, 0.2) is 0 Å².